The van der Waals surface area contributed by atoms with Gasteiger partial charge in [-0.25, -0.2) is 9.78 Å². The predicted molar refractivity (Wildman–Crippen MR) is 106 cm³/mol. The Labute approximate surface area is 170 Å². The SMILES string of the molecule is O=C(COC(=O)/C=C/c1c(Cl)nc2ccccn12)Nc1ccc2c(c1)OCCO2. The molecule has 0 bridgehead atoms. The predicted octanol–water partition coefficient (Wildman–Crippen LogP) is 2.95. The van der Waals surface area contributed by atoms with Crippen molar-refractivity contribution in [2.75, 3.05) is 25.1 Å². The van der Waals surface area contributed by atoms with Gasteiger partial charge in [-0.3, -0.25) is 9.20 Å². The Kier molecular flexibility index (Phi) is 5.35. The van der Waals surface area contributed by atoms with E-state index in [1.807, 2.05) is 12.1 Å². The zero-order valence-corrected chi connectivity index (χ0v) is 15.9. The number of fused-ring (bicyclic) bond motifs is 2. The van der Waals surface area contributed by atoms with Gasteiger partial charge in [0.15, 0.2) is 23.3 Å². The molecule has 4 rings (SSSR count). The van der Waals surface area contributed by atoms with Crippen LogP contribution in [0.5, 0.6) is 11.5 Å². The smallest absolute Gasteiger partial charge is 0.331 e. The van der Waals surface area contributed by atoms with Crippen molar-refractivity contribution in [3.05, 3.63) is 59.5 Å². The summed E-state index contributed by atoms with van der Waals surface area (Å²) in [6.45, 7) is 0.506. The van der Waals surface area contributed by atoms with Crippen LogP contribution in [0, 0.1) is 0 Å². The summed E-state index contributed by atoms with van der Waals surface area (Å²) in [5.41, 5.74) is 1.72. The van der Waals surface area contributed by atoms with Crippen LogP contribution in [0.2, 0.25) is 5.15 Å². The fraction of sp³-hybridized carbons (Fsp3) is 0.150. The molecule has 9 heteroatoms. The normalized spacial score (nSPS) is 12.9. The molecule has 0 saturated carbocycles. The van der Waals surface area contributed by atoms with E-state index >= 15 is 0 Å². The Morgan fingerprint density at radius 2 is 2.03 bits per heavy atom. The number of ether oxygens (including phenoxy) is 3. The minimum Gasteiger partial charge on any atom is -0.486 e. The second-order valence-corrected chi connectivity index (χ2v) is 6.42. The number of hydrogen-bond acceptors (Lipinski definition) is 6. The molecule has 0 unspecified atom stereocenters. The quantitative estimate of drug-likeness (QED) is 0.511. The molecule has 3 heterocycles. The first-order valence-electron chi connectivity index (χ1n) is 8.77. The van der Waals surface area contributed by atoms with Gasteiger partial charge in [0.1, 0.15) is 18.9 Å². The first kappa shape index (κ1) is 18.8. The number of pyridine rings is 1. The number of benzene rings is 1. The maximum Gasteiger partial charge on any atom is 0.331 e. The summed E-state index contributed by atoms with van der Waals surface area (Å²) >= 11 is 6.10. The summed E-state index contributed by atoms with van der Waals surface area (Å²) in [4.78, 5) is 28.1. The Morgan fingerprint density at radius 1 is 1.21 bits per heavy atom. The summed E-state index contributed by atoms with van der Waals surface area (Å²) < 4.78 is 17.6. The Hall–Kier alpha value is -3.52. The van der Waals surface area contributed by atoms with E-state index in [9.17, 15) is 9.59 Å². The Balaban J connectivity index is 1.33. The zero-order chi connectivity index (χ0) is 20.2. The molecule has 0 fully saturated rings. The molecule has 0 saturated heterocycles. The minimum atomic E-state index is -0.677. The summed E-state index contributed by atoms with van der Waals surface area (Å²) in [7, 11) is 0. The fourth-order valence-corrected chi connectivity index (χ4v) is 3.03. The van der Waals surface area contributed by atoms with Crippen molar-refractivity contribution >= 4 is 40.9 Å². The van der Waals surface area contributed by atoms with E-state index in [-0.39, 0.29) is 5.15 Å². The number of rotatable bonds is 5. The first-order chi connectivity index (χ1) is 14.1. The second kappa shape index (κ2) is 8.24. The third-order valence-electron chi connectivity index (χ3n) is 4.07. The standard InChI is InChI=1S/C20H16ClN3O5/c21-20-14(24-8-2-1-3-17(24)23-20)5-7-19(26)29-12-18(25)22-13-4-6-15-16(11-13)28-10-9-27-15/h1-8,11H,9-10,12H2,(H,22,25)/b7-5+. The van der Waals surface area contributed by atoms with E-state index in [1.165, 1.54) is 12.2 Å². The second-order valence-electron chi connectivity index (χ2n) is 6.06. The molecule has 0 radical (unpaired) electrons. The highest BCUT2D eigenvalue weighted by Gasteiger charge is 2.13. The van der Waals surface area contributed by atoms with Gasteiger partial charge in [-0.15, -0.1) is 0 Å². The van der Waals surface area contributed by atoms with Crippen LogP contribution in [0.25, 0.3) is 11.7 Å². The number of amides is 1. The summed E-state index contributed by atoms with van der Waals surface area (Å²) in [6, 6.07) is 10.5. The van der Waals surface area contributed by atoms with Gasteiger partial charge in [-0.1, -0.05) is 17.7 Å². The van der Waals surface area contributed by atoms with Crippen LogP contribution >= 0.6 is 11.6 Å². The molecule has 0 spiro atoms. The number of hydrogen-bond donors (Lipinski definition) is 1. The molecule has 1 N–H and O–H groups in total. The molecule has 0 aliphatic carbocycles. The number of carbonyl (C=O) groups is 2. The lowest BCUT2D eigenvalue weighted by molar-refractivity contribution is -0.142. The van der Waals surface area contributed by atoms with Crippen LogP contribution < -0.4 is 14.8 Å². The van der Waals surface area contributed by atoms with Crippen molar-refractivity contribution in [1.29, 1.82) is 0 Å². The Morgan fingerprint density at radius 3 is 2.90 bits per heavy atom. The van der Waals surface area contributed by atoms with Gasteiger partial charge < -0.3 is 19.5 Å². The number of anilines is 1. The van der Waals surface area contributed by atoms with Gasteiger partial charge in [0.05, 0.1) is 5.69 Å². The van der Waals surface area contributed by atoms with Crippen molar-refractivity contribution in [3.63, 3.8) is 0 Å². The van der Waals surface area contributed by atoms with Crippen molar-refractivity contribution in [1.82, 2.24) is 9.38 Å². The van der Waals surface area contributed by atoms with Crippen molar-refractivity contribution in [3.8, 4) is 11.5 Å². The van der Waals surface area contributed by atoms with E-state index in [1.54, 1.807) is 34.9 Å². The largest absolute Gasteiger partial charge is 0.486 e. The topological polar surface area (TPSA) is 91.2 Å². The number of halogens is 1. The molecule has 148 valence electrons. The van der Waals surface area contributed by atoms with Crippen molar-refractivity contribution < 1.29 is 23.8 Å². The van der Waals surface area contributed by atoms with Crippen LogP contribution in [0.15, 0.2) is 48.7 Å². The average Bonchev–Trinajstić information content (AvgIpc) is 3.05. The van der Waals surface area contributed by atoms with Gasteiger partial charge in [-0.2, -0.15) is 0 Å². The van der Waals surface area contributed by atoms with E-state index in [0.29, 0.717) is 41.7 Å². The molecule has 1 aliphatic heterocycles. The van der Waals surface area contributed by atoms with Crippen LogP contribution in [-0.4, -0.2) is 41.1 Å². The highest BCUT2D eigenvalue weighted by Crippen LogP contribution is 2.32. The van der Waals surface area contributed by atoms with E-state index in [2.05, 4.69) is 10.3 Å². The van der Waals surface area contributed by atoms with Crippen LogP contribution in [-0.2, 0) is 14.3 Å². The molecule has 1 amide bonds. The molecular formula is C20H16ClN3O5. The molecule has 3 aromatic rings. The lowest BCUT2D eigenvalue weighted by Crippen LogP contribution is -2.20. The maximum absolute atomic E-state index is 12.0. The summed E-state index contributed by atoms with van der Waals surface area (Å²) in [6.07, 6.45) is 4.46. The monoisotopic (exact) mass is 413 g/mol. The fourth-order valence-electron chi connectivity index (χ4n) is 2.79. The lowest BCUT2D eigenvalue weighted by Gasteiger charge is -2.18. The molecule has 0 atom stereocenters. The number of imidazole rings is 1. The molecular weight excluding hydrogens is 398 g/mol. The van der Waals surface area contributed by atoms with Gasteiger partial charge in [-0.05, 0) is 30.3 Å². The van der Waals surface area contributed by atoms with E-state index in [0.717, 1.165) is 0 Å². The Bertz CT molecular complexity index is 1110. The average molecular weight is 414 g/mol. The minimum absolute atomic E-state index is 0.261. The van der Waals surface area contributed by atoms with Gasteiger partial charge in [0.2, 0.25) is 0 Å². The molecule has 2 aromatic heterocycles. The number of carbonyl (C=O) groups excluding carboxylic acids is 2. The van der Waals surface area contributed by atoms with Crippen molar-refractivity contribution in [2.45, 2.75) is 0 Å². The third-order valence-corrected chi connectivity index (χ3v) is 4.35. The van der Waals surface area contributed by atoms with E-state index < -0.39 is 18.5 Å². The van der Waals surface area contributed by atoms with Gasteiger partial charge in [0, 0.05) is 24.0 Å². The number of esters is 1. The maximum atomic E-state index is 12.0. The van der Waals surface area contributed by atoms with Crippen LogP contribution in [0.4, 0.5) is 5.69 Å². The number of aromatic nitrogens is 2. The van der Waals surface area contributed by atoms with Crippen LogP contribution in [0.3, 0.4) is 0 Å². The summed E-state index contributed by atoms with van der Waals surface area (Å²) in [5, 5.41) is 2.90. The third kappa shape index (κ3) is 4.33. The highest BCUT2D eigenvalue weighted by atomic mass is 35.5. The molecule has 1 aromatic carbocycles. The molecule has 8 nitrogen and oxygen atoms in total. The van der Waals surface area contributed by atoms with Crippen LogP contribution in [0.1, 0.15) is 5.69 Å². The number of nitrogens with one attached hydrogen (secondary N) is 1. The lowest BCUT2D eigenvalue weighted by atomic mass is 10.2. The highest BCUT2D eigenvalue weighted by molar-refractivity contribution is 6.31. The van der Waals surface area contributed by atoms with Crippen molar-refractivity contribution in [2.24, 2.45) is 0 Å². The zero-order valence-electron chi connectivity index (χ0n) is 15.1. The first-order valence-corrected chi connectivity index (χ1v) is 9.15. The van der Waals surface area contributed by atoms with E-state index in [4.69, 9.17) is 25.8 Å². The van der Waals surface area contributed by atoms with Gasteiger partial charge >= 0.3 is 5.97 Å². The summed E-state index contributed by atoms with van der Waals surface area (Å²) in [5.74, 6) is 0.0243. The molecule has 29 heavy (non-hydrogen) atoms. The van der Waals surface area contributed by atoms with Gasteiger partial charge in [0.25, 0.3) is 5.91 Å². The number of nitrogens with zero attached hydrogens (tertiary/aromatic N) is 2. The molecule has 1 aliphatic rings.